The minimum Gasteiger partial charge on any atom is -0.301 e. The molecule has 2 rings (SSSR count). The maximum atomic E-state index is 7.65. The summed E-state index contributed by atoms with van der Waals surface area (Å²) in [5.74, 6) is 1.50. The minimum absolute atomic E-state index is 0.224. The van der Waals surface area contributed by atoms with Crippen LogP contribution in [0.3, 0.4) is 0 Å². The van der Waals surface area contributed by atoms with Gasteiger partial charge in [0.2, 0.25) is 0 Å². The molecule has 1 fully saturated rings. The van der Waals surface area contributed by atoms with Crippen LogP contribution in [0.1, 0.15) is 33.6 Å². The molecule has 0 aromatic heterocycles. The second kappa shape index (κ2) is 3.08. The largest absolute Gasteiger partial charge is 0.301 e. The van der Waals surface area contributed by atoms with Crippen molar-refractivity contribution in [2.24, 2.45) is 17.3 Å². The number of nitrogens with one attached hydrogen (secondary N) is 1. The smallest absolute Gasteiger partial charge is 0.0536 e. The predicted molar refractivity (Wildman–Crippen MR) is 60.6 cm³/mol. The monoisotopic (exact) mass is 189 g/mol. The third-order valence-corrected chi connectivity index (χ3v) is 4.30. The van der Waals surface area contributed by atoms with Crippen molar-refractivity contribution >= 4 is 5.71 Å². The fraction of sp³-hybridized carbons (Fsp3) is 0.615. The number of hydrogen-bond acceptors (Lipinski definition) is 1. The SMILES string of the molecule is CC1CCC2=CC(=N)C=CC2(C)C1C. The molecule has 0 amide bonds. The second-order valence-electron chi connectivity index (χ2n) is 5.05. The van der Waals surface area contributed by atoms with Crippen LogP contribution in [0, 0.1) is 22.7 Å². The van der Waals surface area contributed by atoms with E-state index >= 15 is 0 Å². The first-order chi connectivity index (χ1) is 6.54. The van der Waals surface area contributed by atoms with Gasteiger partial charge < -0.3 is 5.41 Å². The van der Waals surface area contributed by atoms with Crippen LogP contribution in [-0.2, 0) is 0 Å². The molecule has 0 radical (unpaired) electrons. The fourth-order valence-electron chi connectivity index (χ4n) is 2.77. The summed E-state index contributed by atoms with van der Waals surface area (Å²) >= 11 is 0. The van der Waals surface area contributed by atoms with Crippen molar-refractivity contribution < 1.29 is 0 Å². The first kappa shape index (κ1) is 9.70. The van der Waals surface area contributed by atoms with Gasteiger partial charge in [0.05, 0.1) is 5.71 Å². The van der Waals surface area contributed by atoms with Crippen molar-refractivity contribution in [1.82, 2.24) is 0 Å². The summed E-state index contributed by atoms with van der Waals surface area (Å²) in [6.45, 7) is 7.01. The Bertz CT molecular complexity index is 324. The Morgan fingerprint density at radius 1 is 1.43 bits per heavy atom. The zero-order chi connectivity index (χ0) is 10.3. The Labute approximate surface area is 86.4 Å². The van der Waals surface area contributed by atoms with E-state index in [0.29, 0.717) is 11.6 Å². The van der Waals surface area contributed by atoms with Crippen molar-refractivity contribution in [3.05, 3.63) is 23.8 Å². The van der Waals surface area contributed by atoms with Crippen LogP contribution in [0.25, 0.3) is 0 Å². The highest BCUT2D eigenvalue weighted by Crippen LogP contribution is 2.49. The minimum atomic E-state index is 0.224. The van der Waals surface area contributed by atoms with Gasteiger partial charge in [-0.15, -0.1) is 0 Å². The molecule has 0 heterocycles. The van der Waals surface area contributed by atoms with Crippen LogP contribution in [0.15, 0.2) is 23.8 Å². The summed E-state index contributed by atoms with van der Waals surface area (Å²) in [5.41, 5.74) is 2.36. The molecule has 0 bridgehead atoms. The molecule has 1 nitrogen and oxygen atoms in total. The molecule has 3 atom stereocenters. The van der Waals surface area contributed by atoms with Crippen molar-refractivity contribution in [1.29, 1.82) is 5.41 Å². The fourth-order valence-corrected chi connectivity index (χ4v) is 2.77. The van der Waals surface area contributed by atoms with E-state index in [-0.39, 0.29) is 5.41 Å². The third kappa shape index (κ3) is 1.26. The van der Waals surface area contributed by atoms with Crippen LogP contribution in [0.5, 0.6) is 0 Å². The van der Waals surface area contributed by atoms with E-state index in [1.165, 1.54) is 18.4 Å². The lowest BCUT2D eigenvalue weighted by Crippen LogP contribution is -2.36. The molecule has 0 aliphatic heterocycles. The Morgan fingerprint density at radius 3 is 2.86 bits per heavy atom. The molecule has 1 saturated carbocycles. The highest BCUT2D eigenvalue weighted by Gasteiger charge is 2.40. The van der Waals surface area contributed by atoms with E-state index in [1.54, 1.807) is 0 Å². The number of fused-ring (bicyclic) bond motifs is 1. The van der Waals surface area contributed by atoms with E-state index in [2.05, 4.69) is 32.9 Å². The van der Waals surface area contributed by atoms with Gasteiger partial charge in [-0.3, -0.25) is 0 Å². The lowest BCUT2D eigenvalue weighted by molar-refractivity contribution is 0.187. The number of hydrogen-bond donors (Lipinski definition) is 1. The van der Waals surface area contributed by atoms with Crippen LogP contribution in [0.2, 0.25) is 0 Å². The molecule has 76 valence electrons. The highest BCUT2D eigenvalue weighted by molar-refractivity contribution is 6.03. The first-order valence-electron chi connectivity index (χ1n) is 5.53. The molecule has 0 aromatic carbocycles. The topological polar surface area (TPSA) is 23.9 Å². The second-order valence-corrected chi connectivity index (χ2v) is 5.05. The maximum absolute atomic E-state index is 7.65. The van der Waals surface area contributed by atoms with Crippen molar-refractivity contribution in [2.45, 2.75) is 33.6 Å². The van der Waals surface area contributed by atoms with Gasteiger partial charge in [0.25, 0.3) is 0 Å². The lowest BCUT2D eigenvalue weighted by atomic mass is 9.60. The van der Waals surface area contributed by atoms with Crippen molar-refractivity contribution in [3.8, 4) is 0 Å². The molecule has 3 unspecified atom stereocenters. The zero-order valence-corrected chi connectivity index (χ0v) is 9.30. The van der Waals surface area contributed by atoms with Crippen molar-refractivity contribution in [3.63, 3.8) is 0 Å². The van der Waals surface area contributed by atoms with Crippen LogP contribution >= 0.6 is 0 Å². The molecule has 2 aliphatic carbocycles. The highest BCUT2D eigenvalue weighted by atomic mass is 14.5. The Hall–Kier alpha value is -0.850. The van der Waals surface area contributed by atoms with E-state index in [1.807, 2.05) is 6.08 Å². The Morgan fingerprint density at radius 2 is 2.14 bits per heavy atom. The lowest BCUT2D eigenvalue weighted by Gasteiger charge is -2.45. The summed E-state index contributed by atoms with van der Waals surface area (Å²) < 4.78 is 0. The number of allylic oxidation sites excluding steroid dienone is 4. The van der Waals surface area contributed by atoms with E-state index in [0.717, 1.165) is 5.92 Å². The molecule has 1 N–H and O–H groups in total. The summed E-state index contributed by atoms with van der Waals surface area (Å²) in [5, 5.41) is 7.65. The standard InChI is InChI=1S/C13H19N/c1-9-4-5-11-8-12(14)6-7-13(11,3)10(9)2/h6-10,14H,4-5H2,1-3H3. The van der Waals surface area contributed by atoms with E-state index in [9.17, 15) is 0 Å². The average molecular weight is 189 g/mol. The third-order valence-electron chi connectivity index (χ3n) is 4.30. The quantitative estimate of drug-likeness (QED) is 0.602. The number of rotatable bonds is 0. The van der Waals surface area contributed by atoms with Crippen LogP contribution < -0.4 is 0 Å². The molecule has 0 spiro atoms. The summed E-state index contributed by atoms with van der Waals surface area (Å²) in [4.78, 5) is 0. The molecule has 1 heteroatoms. The van der Waals surface area contributed by atoms with Gasteiger partial charge in [-0.05, 0) is 36.8 Å². The zero-order valence-electron chi connectivity index (χ0n) is 9.30. The van der Waals surface area contributed by atoms with Crippen molar-refractivity contribution in [2.75, 3.05) is 0 Å². The predicted octanol–water partition coefficient (Wildman–Crippen LogP) is 3.57. The first-order valence-corrected chi connectivity index (χ1v) is 5.53. The Kier molecular flexibility index (Phi) is 2.13. The Balaban J connectivity index is 2.39. The van der Waals surface area contributed by atoms with Gasteiger partial charge in [-0.2, -0.15) is 0 Å². The van der Waals surface area contributed by atoms with Gasteiger partial charge in [0.15, 0.2) is 0 Å². The molecular formula is C13H19N. The average Bonchev–Trinajstić information content (AvgIpc) is 2.16. The van der Waals surface area contributed by atoms with Crippen LogP contribution in [-0.4, -0.2) is 5.71 Å². The molecule has 14 heavy (non-hydrogen) atoms. The van der Waals surface area contributed by atoms with Gasteiger partial charge in [-0.1, -0.05) is 32.4 Å². The van der Waals surface area contributed by atoms with E-state index < -0.39 is 0 Å². The molecular weight excluding hydrogens is 170 g/mol. The van der Waals surface area contributed by atoms with Gasteiger partial charge >= 0.3 is 0 Å². The van der Waals surface area contributed by atoms with Gasteiger partial charge in [0, 0.05) is 5.41 Å². The molecule has 0 saturated heterocycles. The summed E-state index contributed by atoms with van der Waals surface area (Å²) in [6.07, 6.45) is 8.73. The van der Waals surface area contributed by atoms with Gasteiger partial charge in [-0.25, -0.2) is 0 Å². The van der Waals surface area contributed by atoms with Gasteiger partial charge in [0.1, 0.15) is 0 Å². The normalized spacial score (nSPS) is 41.9. The molecule has 0 aromatic rings. The van der Waals surface area contributed by atoms with Crippen LogP contribution in [0.4, 0.5) is 0 Å². The van der Waals surface area contributed by atoms with E-state index in [4.69, 9.17) is 5.41 Å². The summed E-state index contributed by atoms with van der Waals surface area (Å²) in [7, 11) is 0. The maximum Gasteiger partial charge on any atom is 0.0536 e. The summed E-state index contributed by atoms with van der Waals surface area (Å²) in [6, 6.07) is 0. The molecule has 2 aliphatic rings.